The molecule has 0 amide bonds. The number of ether oxygens (including phenoxy) is 2. The van der Waals surface area contributed by atoms with Gasteiger partial charge in [0, 0.05) is 12.8 Å². The predicted octanol–water partition coefficient (Wildman–Crippen LogP) is 1.46. The highest BCUT2D eigenvalue weighted by Gasteiger charge is 2.35. The zero-order valence-corrected chi connectivity index (χ0v) is 9.12. The molecule has 1 fully saturated rings. The van der Waals surface area contributed by atoms with Gasteiger partial charge in [0.2, 0.25) is 0 Å². The van der Waals surface area contributed by atoms with Crippen LogP contribution in [0, 0.1) is 5.82 Å². The molecule has 0 spiro atoms. The van der Waals surface area contributed by atoms with Crippen LogP contribution in [0.2, 0.25) is 0 Å². The van der Waals surface area contributed by atoms with Crippen molar-refractivity contribution < 1.29 is 13.9 Å². The molecule has 0 unspecified atom stereocenters. The average Bonchev–Trinajstić information content (AvgIpc) is 2.67. The van der Waals surface area contributed by atoms with Crippen LogP contribution in [0.25, 0.3) is 0 Å². The van der Waals surface area contributed by atoms with Crippen molar-refractivity contribution in [3.05, 3.63) is 35.6 Å². The molecule has 1 aromatic rings. The van der Waals surface area contributed by atoms with Gasteiger partial charge in [-0.3, -0.25) is 0 Å². The Bertz CT molecular complexity index is 351. The van der Waals surface area contributed by atoms with E-state index in [1.54, 1.807) is 6.07 Å². The summed E-state index contributed by atoms with van der Waals surface area (Å²) in [5, 5.41) is 0. The van der Waals surface area contributed by atoms with E-state index in [1.165, 1.54) is 12.1 Å². The van der Waals surface area contributed by atoms with Gasteiger partial charge in [-0.15, -0.1) is 0 Å². The highest BCUT2D eigenvalue weighted by molar-refractivity contribution is 5.18. The zero-order chi connectivity index (χ0) is 11.4. The van der Waals surface area contributed by atoms with Gasteiger partial charge in [-0.2, -0.15) is 0 Å². The number of benzene rings is 1. The second-order valence-corrected chi connectivity index (χ2v) is 3.95. The molecule has 2 N–H and O–H groups in total. The number of rotatable bonds is 4. The van der Waals surface area contributed by atoms with Gasteiger partial charge in [0.25, 0.3) is 0 Å². The molecule has 0 atom stereocenters. The van der Waals surface area contributed by atoms with Crippen molar-refractivity contribution >= 4 is 0 Å². The monoisotopic (exact) mass is 225 g/mol. The maximum atomic E-state index is 13.0. The average molecular weight is 225 g/mol. The SMILES string of the molecule is NCCC1(Cc2cccc(F)c2)OCCO1. The van der Waals surface area contributed by atoms with E-state index in [1.807, 2.05) is 6.07 Å². The Hall–Kier alpha value is -0.970. The van der Waals surface area contributed by atoms with Crippen LogP contribution in [0.4, 0.5) is 4.39 Å². The fourth-order valence-electron chi connectivity index (χ4n) is 2.01. The lowest BCUT2D eigenvalue weighted by Crippen LogP contribution is -2.35. The molecule has 3 nitrogen and oxygen atoms in total. The molecule has 1 aliphatic rings. The molecule has 4 heteroatoms. The van der Waals surface area contributed by atoms with Gasteiger partial charge >= 0.3 is 0 Å². The van der Waals surface area contributed by atoms with Gasteiger partial charge in [-0.05, 0) is 24.2 Å². The van der Waals surface area contributed by atoms with Crippen molar-refractivity contribution in [3.8, 4) is 0 Å². The van der Waals surface area contributed by atoms with Crippen LogP contribution in [0.15, 0.2) is 24.3 Å². The van der Waals surface area contributed by atoms with Gasteiger partial charge in [-0.1, -0.05) is 12.1 Å². The molecule has 0 saturated carbocycles. The molecular weight excluding hydrogens is 209 g/mol. The highest BCUT2D eigenvalue weighted by atomic mass is 19.1. The van der Waals surface area contributed by atoms with Crippen LogP contribution >= 0.6 is 0 Å². The van der Waals surface area contributed by atoms with E-state index in [-0.39, 0.29) is 5.82 Å². The number of nitrogens with two attached hydrogens (primary N) is 1. The van der Waals surface area contributed by atoms with E-state index in [9.17, 15) is 4.39 Å². The molecule has 1 aliphatic heterocycles. The van der Waals surface area contributed by atoms with Crippen LogP contribution in [-0.2, 0) is 15.9 Å². The van der Waals surface area contributed by atoms with Crippen molar-refractivity contribution in [1.82, 2.24) is 0 Å². The Labute approximate surface area is 94.3 Å². The summed E-state index contributed by atoms with van der Waals surface area (Å²) < 4.78 is 24.2. The molecule has 0 radical (unpaired) electrons. The first-order valence-electron chi connectivity index (χ1n) is 5.46. The van der Waals surface area contributed by atoms with E-state index in [4.69, 9.17) is 15.2 Å². The Morgan fingerprint density at radius 2 is 2.06 bits per heavy atom. The Morgan fingerprint density at radius 3 is 2.69 bits per heavy atom. The van der Waals surface area contributed by atoms with Crippen molar-refractivity contribution in [2.75, 3.05) is 19.8 Å². The van der Waals surface area contributed by atoms with Gasteiger partial charge in [0.05, 0.1) is 13.2 Å². The summed E-state index contributed by atoms with van der Waals surface area (Å²) in [6.07, 6.45) is 1.17. The van der Waals surface area contributed by atoms with Crippen molar-refractivity contribution in [2.24, 2.45) is 5.73 Å². The minimum Gasteiger partial charge on any atom is -0.347 e. The van der Waals surface area contributed by atoms with Crippen LogP contribution in [0.1, 0.15) is 12.0 Å². The summed E-state index contributed by atoms with van der Waals surface area (Å²) in [5.41, 5.74) is 6.41. The van der Waals surface area contributed by atoms with Crippen LogP contribution in [0.3, 0.4) is 0 Å². The summed E-state index contributed by atoms with van der Waals surface area (Å²) in [6.45, 7) is 1.65. The van der Waals surface area contributed by atoms with Crippen LogP contribution in [0.5, 0.6) is 0 Å². The lowest BCUT2D eigenvalue weighted by molar-refractivity contribution is -0.158. The summed E-state index contributed by atoms with van der Waals surface area (Å²) in [7, 11) is 0. The molecule has 1 aromatic carbocycles. The maximum absolute atomic E-state index is 13.0. The minimum atomic E-state index is -0.650. The smallest absolute Gasteiger partial charge is 0.173 e. The van der Waals surface area contributed by atoms with E-state index < -0.39 is 5.79 Å². The second-order valence-electron chi connectivity index (χ2n) is 3.95. The van der Waals surface area contributed by atoms with E-state index in [0.29, 0.717) is 32.6 Å². The maximum Gasteiger partial charge on any atom is 0.173 e. The fraction of sp³-hybridized carbons (Fsp3) is 0.500. The lowest BCUT2D eigenvalue weighted by Gasteiger charge is -2.27. The Kier molecular flexibility index (Phi) is 3.53. The standard InChI is InChI=1S/C12H16FNO2/c13-11-3-1-2-10(8-11)9-12(4-5-14)15-6-7-16-12/h1-3,8H,4-7,9,14H2. The highest BCUT2D eigenvalue weighted by Crippen LogP contribution is 2.27. The first-order valence-corrected chi connectivity index (χ1v) is 5.46. The summed E-state index contributed by atoms with van der Waals surface area (Å²) in [5.74, 6) is -0.888. The lowest BCUT2D eigenvalue weighted by atomic mass is 10.0. The molecule has 1 saturated heterocycles. The summed E-state index contributed by atoms with van der Waals surface area (Å²) in [4.78, 5) is 0. The third-order valence-electron chi connectivity index (χ3n) is 2.70. The van der Waals surface area contributed by atoms with Crippen LogP contribution < -0.4 is 5.73 Å². The first-order chi connectivity index (χ1) is 7.74. The van der Waals surface area contributed by atoms with Gasteiger partial charge in [0.15, 0.2) is 5.79 Å². The summed E-state index contributed by atoms with van der Waals surface area (Å²) in [6, 6.07) is 6.49. The normalized spacial score (nSPS) is 18.9. The second kappa shape index (κ2) is 4.91. The quantitative estimate of drug-likeness (QED) is 0.843. The van der Waals surface area contributed by atoms with Crippen LogP contribution in [-0.4, -0.2) is 25.5 Å². The molecule has 0 aromatic heterocycles. The van der Waals surface area contributed by atoms with E-state index in [2.05, 4.69) is 0 Å². The zero-order valence-electron chi connectivity index (χ0n) is 9.12. The molecule has 0 aliphatic carbocycles. The third kappa shape index (κ3) is 2.58. The molecule has 1 heterocycles. The largest absolute Gasteiger partial charge is 0.347 e. The number of hydrogen-bond acceptors (Lipinski definition) is 3. The number of halogens is 1. The molecule has 2 rings (SSSR count). The minimum absolute atomic E-state index is 0.238. The van der Waals surface area contributed by atoms with Crippen molar-refractivity contribution in [3.63, 3.8) is 0 Å². The Morgan fingerprint density at radius 1 is 1.31 bits per heavy atom. The predicted molar refractivity (Wildman–Crippen MR) is 58.4 cm³/mol. The van der Waals surface area contributed by atoms with Gasteiger partial charge in [0.1, 0.15) is 5.82 Å². The van der Waals surface area contributed by atoms with Crippen molar-refractivity contribution in [2.45, 2.75) is 18.6 Å². The molecular formula is C12H16FNO2. The topological polar surface area (TPSA) is 44.5 Å². The Balaban J connectivity index is 2.11. The third-order valence-corrected chi connectivity index (χ3v) is 2.70. The molecule has 16 heavy (non-hydrogen) atoms. The molecule has 0 bridgehead atoms. The van der Waals surface area contributed by atoms with Crippen molar-refractivity contribution in [1.29, 1.82) is 0 Å². The number of hydrogen-bond donors (Lipinski definition) is 1. The van der Waals surface area contributed by atoms with E-state index >= 15 is 0 Å². The molecule has 88 valence electrons. The van der Waals surface area contributed by atoms with Gasteiger partial charge < -0.3 is 15.2 Å². The summed E-state index contributed by atoms with van der Waals surface area (Å²) >= 11 is 0. The fourth-order valence-corrected chi connectivity index (χ4v) is 2.01. The first kappa shape index (κ1) is 11.5. The van der Waals surface area contributed by atoms with E-state index in [0.717, 1.165) is 5.56 Å². The van der Waals surface area contributed by atoms with Gasteiger partial charge in [-0.25, -0.2) is 4.39 Å².